The summed E-state index contributed by atoms with van der Waals surface area (Å²) in [5, 5.41) is 2.74. The number of carbonyl (C=O) groups excluding carboxylic acids is 2. The van der Waals surface area contributed by atoms with Crippen molar-refractivity contribution in [1.29, 1.82) is 0 Å². The van der Waals surface area contributed by atoms with Crippen LogP contribution in [0.4, 0.5) is 11.6 Å². The van der Waals surface area contributed by atoms with Crippen LogP contribution in [0.5, 0.6) is 0 Å². The van der Waals surface area contributed by atoms with E-state index in [1.54, 1.807) is 61.9 Å². The Balaban J connectivity index is 2.08. The van der Waals surface area contributed by atoms with E-state index in [1.165, 1.54) is 13.2 Å². The summed E-state index contributed by atoms with van der Waals surface area (Å²) in [6, 6.07) is 8.32. The molecule has 0 saturated carbocycles. The van der Waals surface area contributed by atoms with Crippen molar-refractivity contribution in [2.75, 3.05) is 11.1 Å². The molecule has 0 spiro atoms. The minimum Gasteiger partial charge on any atom is -0.463 e. The number of nitrogens with one attached hydrogen (secondary N) is 1. The molecule has 1 aromatic carbocycles. The van der Waals surface area contributed by atoms with Gasteiger partial charge in [-0.25, -0.2) is 9.78 Å². The fourth-order valence-electron chi connectivity index (χ4n) is 2.62. The van der Waals surface area contributed by atoms with Crippen molar-refractivity contribution in [3.05, 3.63) is 48.4 Å². The molecule has 0 atom stereocenters. The van der Waals surface area contributed by atoms with Gasteiger partial charge in [0, 0.05) is 13.1 Å². The summed E-state index contributed by atoms with van der Waals surface area (Å²) < 4.78 is 12.4. The van der Waals surface area contributed by atoms with Crippen LogP contribution >= 0.6 is 0 Å². The van der Waals surface area contributed by atoms with Crippen LogP contribution in [-0.2, 0) is 9.53 Å². The molecule has 3 rings (SSSR count). The Labute approximate surface area is 162 Å². The first kappa shape index (κ1) is 19.2. The van der Waals surface area contributed by atoms with Gasteiger partial charge in [0.1, 0.15) is 11.3 Å². The molecular weight excluding hydrogens is 360 g/mol. The first-order valence-electron chi connectivity index (χ1n) is 8.68. The summed E-state index contributed by atoms with van der Waals surface area (Å²) in [7, 11) is 0. The molecule has 28 heavy (non-hydrogen) atoms. The smallest absolute Gasteiger partial charge is 0.338 e. The van der Waals surface area contributed by atoms with Gasteiger partial charge in [-0.15, -0.1) is 0 Å². The van der Waals surface area contributed by atoms with Gasteiger partial charge in [0.15, 0.2) is 5.76 Å². The Hall–Kier alpha value is -3.55. The van der Waals surface area contributed by atoms with Crippen molar-refractivity contribution in [2.45, 2.75) is 33.3 Å². The molecule has 2 heterocycles. The summed E-state index contributed by atoms with van der Waals surface area (Å²) in [6.07, 6.45) is 3.21. The van der Waals surface area contributed by atoms with Crippen molar-refractivity contribution < 1.29 is 18.7 Å². The quantitative estimate of drug-likeness (QED) is 0.666. The second-order valence-electron chi connectivity index (χ2n) is 7.25. The lowest BCUT2D eigenvalue weighted by molar-refractivity contribution is -0.114. The first-order chi connectivity index (χ1) is 13.1. The monoisotopic (exact) mass is 382 g/mol. The number of carbonyl (C=O) groups is 2. The number of rotatable bonds is 4. The minimum absolute atomic E-state index is 0.180. The predicted molar refractivity (Wildman–Crippen MR) is 105 cm³/mol. The zero-order chi connectivity index (χ0) is 20.5. The third-order valence-corrected chi connectivity index (χ3v) is 3.71. The topological polar surface area (TPSA) is 112 Å². The highest BCUT2D eigenvalue weighted by Gasteiger charge is 2.21. The van der Waals surface area contributed by atoms with Crippen molar-refractivity contribution in [3.8, 4) is 17.1 Å². The van der Waals surface area contributed by atoms with Gasteiger partial charge in [-0.05, 0) is 51.1 Å². The van der Waals surface area contributed by atoms with Crippen LogP contribution in [0.2, 0.25) is 0 Å². The third-order valence-electron chi connectivity index (χ3n) is 3.71. The highest BCUT2D eigenvalue weighted by molar-refractivity contribution is 5.95. The van der Waals surface area contributed by atoms with Crippen LogP contribution in [0.1, 0.15) is 38.1 Å². The van der Waals surface area contributed by atoms with E-state index in [1.807, 2.05) is 0 Å². The molecular formula is C20H22N4O4. The normalized spacial score (nSPS) is 11.3. The van der Waals surface area contributed by atoms with Crippen LogP contribution in [0.25, 0.3) is 17.1 Å². The molecule has 0 aliphatic carbocycles. The Bertz CT molecular complexity index is 1010. The number of nitrogens with two attached hydrogens (primary N) is 1. The fourth-order valence-corrected chi connectivity index (χ4v) is 2.62. The number of anilines is 2. The van der Waals surface area contributed by atoms with E-state index in [0.717, 1.165) is 0 Å². The molecule has 0 aliphatic heterocycles. The molecule has 146 valence electrons. The standard InChI is InChI=1S/C20H22N4O4/c1-12(25)22-14-8-7-13(18(26)28-20(2,3)4)10-16(14)24-11-15(23-19(24)21)17-6-5-9-27-17/h5-11H,1-4H3,(H2,21,23)(H,22,25). The number of nitrogens with zero attached hydrogens (tertiary/aromatic N) is 2. The third kappa shape index (κ3) is 4.22. The molecule has 0 aliphatic rings. The molecule has 2 aromatic heterocycles. The Morgan fingerprint density at radius 2 is 2.00 bits per heavy atom. The van der Waals surface area contributed by atoms with E-state index in [9.17, 15) is 9.59 Å². The van der Waals surface area contributed by atoms with Gasteiger partial charge in [0.05, 0.1) is 23.2 Å². The van der Waals surface area contributed by atoms with Gasteiger partial charge in [-0.3, -0.25) is 9.36 Å². The molecule has 0 fully saturated rings. The average Bonchev–Trinajstić information content (AvgIpc) is 3.22. The van der Waals surface area contributed by atoms with Gasteiger partial charge in [0.2, 0.25) is 11.9 Å². The molecule has 3 N–H and O–H groups in total. The van der Waals surface area contributed by atoms with E-state index in [4.69, 9.17) is 14.9 Å². The summed E-state index contributed by atoms with van der Waals surface area (Å²) >= 11 is 0. The maximum Gasteiger partial charge on any atom is 0.338 e. The van der Waals surface area contributed by atoms with Crippen molar-refractivity contribution in [2.24, 2.45) is 0 Å². The van der Waals surface area contributed by atoms with Gasteiger partial charge < -0.3 is 20.2 Å². The van der Waals surface area contributed by atoms with E-state index < -0.39 is 11.6 Å². The minimum atomic E-state index is -0.631. The lowest BCUT2D eigenvalue weighted by Crippen LogP contribution is -2.24. The Morgan fingerprint density at radius 1 is 1.25 bits per heavy atom. The van der Waals surface area contributed by atoms with E-state index in [2.05, 4.69) is 10.3 Å². The number of furan rings is 1. The molecule has 0 radical (unpaired) electrons. The van der Waals surface area contributed by atoms with Gasteiger partial charge in [0.25, 0.3) is 0 Å². The largest absolute Gasteiger partial charge is 0.463 e. The summed E-state index contributed by atoms with van der Waals surface area (Å²) in [4.78, 5) is 28.4. The Kier molecular flexibility index (Phi) is 4.96. The summed E-state index contributed by atoms with van der Waals surface area (Å²) in [5.41, 5.74) is 7.28. The Morgan fingerprint density at radius 3 is 2.61 bits per heavy atom. The summed E-state index contributed by atoms with van der Waals surface area (Å²) in [5.74, 6) is -0.00144. The lowest BCUT2D eigenvalue weighted by Gasteiger charge is -2.20. The molecule has 0 bridgehead atoms. The van der Waals surface area contributed by atoms with Crippen molar-refractivity contribution >= 4 is 23.5 Å². The maximum absolute atomic E-state index is 12.5. The average molecular weight is 382 g/mol. The summed E-state index contributed by atoms with van der Waals surface area (Å²) in [6.45, 7) is 6.78. The van der Waals surface area contributed by atoms with Gasteiger partial charge in [-0.2, -0.15) is 0 Å². The zero-order valence-electron chi connectivity index (χ0n) is 16.1. The van der Waals surface area contributed by atoms with Gasteiger partial charge >= 0.3 is 5.97 Å². The number of ether oxygens (including phenoxy) is 1. The number of nitrogen functional groups attached to an aromatic ring is 1. The molecule has 0 unspecified atom stereocenters. The van der Waals surface area contributed by atoms with Crippen LogP contribution in [0.3, 0.4) is 0 Å². The first-order valence-corrected chi connectivity index (χ1v) is 8.68. The second kappa shape index (κ2) is 7.22. The highest BCUT2D eigenvalue weighted by Crippen LogP contribution is 2.29. The molecule has 3 aromatic rings. The van der Waals surface area contributed by atoms with Crippen LogP contribution in [0, 0.1) is 0 Å². The van der Waals surface area contributed by atoms with E-state index >= 15 is 0 Å². The number of hydrogen-bond donors (Lipinski definition) is 2. The van der Waals surface area contributed by atoms with Crippen LogP contribution in [-0.4, -0.2) is 27.0 Å². The number of aromatic nitrogens is 2. The lowest BCUT2D eigenvalue weighted by atomic mass is 10.1. The number of hydrogen-bond acceptors (Lipinski definition) is 6. The van der Waals surface area contributed by atoms with Crippen molar-refractivity contribution in [3.63, 3.8) is 0 Å². The maximum atomic E-state index is 12.5. The van der Waals surface area contributed by atoms with Gasteiger partial charge in [-0.1, -0.05) is 0 Å². The van der Waals surface area contributed by atoms with E-state index in [-0.39, 0.29) is 11.9 Å². The number of esters is 1. The van der Waals surface area contributed by atoms with Crippen molar-refractivity contribution in [1.82, 2.24) is 9.55 Å². The predicted octanol–water partition coefficient (Wildman–Crippen LogP) is 3.63. The molecule has 1 amide bonds. The SMILES string of the molecule is CC(=O)Nc1ccc(C(=O)OC(C)(C)C)cc1-n1cc(-c2ccco2)nc1N. The van der Waals surface area contributed by atoms with Crippen LogP contribution in [0.15, 0.2) is 47.2 Å². The number of amides is 1. The molecule has 8 nitrogen and oxygen atoms in total. The zero-order valence-corrected chi connectivity index (χ0v) is 16.1. The highest BCUT2D eigenvalue weighted by atomic mass is 16.6. The fraction of sp³-hybridized carbons (Fsp3) is 0.250. The number of benzene rings is 1. The molecule has 8 heteroatoms. The van der Waals surface area contributed by atoms with E-state index in [0.29, 0.717) is 28.4 Å². The van der Waals surface area contributed by atoms with Crippen LogP contribution < -0.4 is 11.1 Å². The number of imidazole rings is 1. The second-order valence-corrected chi connectivity index (χ2v) is 7.25. The molecule has 0 saturated heterocycles.